The Hall–Kier alpha value is -3.38. The lowest BCUT2D eigenvalue weighted by Crippen LogP contribution is -2.36. The van der Waals surface area contributed by atoms with Gasteiger partial charge < -0.3 is 19.7 Å². The van der Waals surface area contributed by atoms with Gasteiger partial charge in [0, 0.05) is 24.3 Å². The van der Waals surface area contributed by atoms with Gasteiger partial charge in [-0.05, 0) is 48.5 Å². The van der Waals surface area contributed by atoms with E-state index in [4.69, 9.17) is 9.47 Å². The van der Waals surface area contributed by atoms with Crippen molar-refractivity contribution in [1.29, 1.82) is 0 Å². The fourth-order valence-electron chi connectivity index (χ4n) is 3.17. The predicted octanol–water partition coefficient (Wildman–Crippen LogP) is 4.71. The Morgan fingerprint density at radius 1 is 0.931 bits per heavy atom. The van der Waals surface area contributed by atoms with Crippen LogP contribution in [0.5, 0.6) is 11.5 Å². The maximum atomic E-state index is 14.5. The standard InChI is InChI=1S/C23H21FN2O3/c24-21-16-18(9-10-22(21)26-11-13-28-14-12-26)25-23(27)17-5-4-8-20(15-17)29-19-6-2-1-3-7-19/h1-10,15-16H,11-14H2,(H,25,27). The van der Waals surface area contributed by atoms with Crippen molar-refractivity contribution in [3.63, 3.8) is 0 Å². The lowest BCUT2D eigenvalue weighted by atomic mass is 10.2. The summed E-state index contributed by atoms with van der Waals surface area (Å²) in [5.41, 5.74) is 1.35. The zero-order valence-electron chi connectivity index (χ0n) is 15.8. The highest BCUT2D eigenvalue weighted by Crippen LogP contribution is 2.25. The van der Waals surface area contributed by atoms with Gasteiger partial charge in [-0.15, -0.1) is 0 Å². The van der Waals surface area contributed by atoms with Crippen molar-refractivity contribution in [3.05, 3.63) is 84.2 Å². The molecule has 0 unspecified atom stereocenters. The molecule has 3 aromatic rings. The van der Waals surface area contributed by atoms with Crippen molar-refractivity contribution in [2.24, 2.45) is 0 Å². The normalized spacial score (nSPS) is 13.8. The monoisotopic (exact) mass is 392 g/mol. The second-order valence-electron chi connectivity index (χ2n) is 6.66. The number of hydrogen-bond donors (Lipinski definition) is 1. The molecule has 0 radical (unpaired) electrons. The molecule has 1 saturated heterocycles. The number of halogens is 1. The molecule has 29 heavy (non-hydrogen) atoms. The molecule has 0 atom stereocenters. The minimum Gasteiger partial charge on any atom is -0.457 e. The minimum atomic E-state index is -0.370. The molecular weight excluding hydrogens is 371 g/mol. The van der Waals surface area contributed by atoms with E-state index in [0.717, 1.165) is 0 Å². The van der Waals surface area contributed by atoms with Crippen LogP contribution in [-0.2, 0) is 4.74 Å². The van der Waals surface area contributed by atoms with Crippen molar-refractivity contribution in [2.75, 3.05) is 36.5 Å². The lowest BCUT2D eigenvalue weighted by Gasteiger charge is -2.29. The summed E-state index contributed by atoms with van der Waals surface area (Å²) in [5, 5.41) is 2.74. The smallest absolute Gasteiger partial charge is 0.255 e. The summed E-state index contributed by atoms with van der Waals surface area (Å²) < 4.78 is 25.6. The van der Waals surface area contributed by atoms with Gasteiger partial charge in [-0.2, -0.15) is 0 Å². The molecule has 0 bridgehead atoms. The summed E-state index contributed by atoms with van der Waals surface area (Å²) >= 11 is 0. The Kier molecular flexibility index (Phi) is 5.72. The largest absolute Gasteiger partial charge is 0.457 e. The van der Waals surface area contributed by atoms with Crippen LogP contribution >= 0.6 is 0 Å². The average molecular weight is 392 g/mol. The molecule has 6 heteroatoms. The fourth-order valence-corrected chi connectivity index (χ4v) is 3.17. The zero-order chi connectivity index (χ0) is 20.1. The van der Waals surface area contributed by atoms with Crippen molar-refractivity contribution in [3.8, 4) is 11.5 Å². The summed E-state index contributed by atoms with van der Waals surface area (Å²) in [4.78, 5) is 14.5. The topological polar surface area (TPSA) is 50.8 Å². The molecule has 1 fully saturated rings. The van der Waals surface area contributed by atoms with E-state index >= 15 is 0 Å². The number of carbonyl (C=O) groups is 1. The molecular formula is C23H21FN2O3. The van der Waals surface area contributed by atoms with Crippen LogP contribution in [0, 0.1) is 5.82 Å². The third-order valence-electron chi connectivity index (χ3n) is 4.63. The first kappa shape index (κ1) is 19.0. The van der Waals surface area contributed by atoms with Gasteiger partial charge in [-0.3, -0.25) is 4.79 Å². The number of anilines is 2. The highest BCUT2D eigenvalue weighted by Gasteiger charge is 2.16. The third-order valence-corrected chi connectivity index (χ3v) is 4.63. The number of benzene rings is 3. The van der Waals surface area contributed by atoms with E-state index in [-0.39, 0.29) is 11.7 Å². The van der Waals surface area contributed by atoms with Gasteiger partial charge in [-0.25, -0.2) is 4.39 Å². The van der Waals surface area contributed by atoms with E-state index in [1.165, 1.54) is 6.07 Å². The second-order valence-corrected chi connectivity index (χ2v) is 6.66. The SMILES string of the molecule is O=C(Nc1ccc(N2CCOCC2)c(F)c1)c1cccc(Oc2ccccc2)c1. The van der Waals surface area contributed by atoms with E-state index in [1.54, 1.807) is 36.4 Å². The Labute approximate surface area is 168 Å². The molecule has 148 valence electrons. The Morgan fingerprint density at radius 3 is 2.45 bits per heavy atom. The number of morpholine rings is 1. The van der Waals surface area contributed by atoms with Crippen LogP contribution in [0.2, 0.25) is 0 Å². The number of para-hydroxylation sites is 1. The maximum Gasteiger partial charge on any atom is 0.255 e. The minimum absolute atomic E-state index is 0.331. The van der Waals surface area contributed by atoms with Crippen LogP contribution in [0.15, 0.2) is 72.8 Å². The number of nitrogens with one attached hydrogen (secondary N) is 1. The molecule has 0 aromatic heterocycles. The van der Waals surface area contributed by atoms with Crippen molar-refractivity contribution < 1.29 is 18.7 Å². The molecule has 3 aromatic carbocycles. The molecule has 1 N–H and O–H groups in total. The molecule has 1 aliphatic rings. The lowest BCUT2D eigenvalue weighted by molar-refractivity contribution is 0.102. The number of amides is 1. The van der Waals surface area contributed by atoms with Crippen LogP contribution in [0.3, 0.4) is 0 Å². The fraction of sp³-hybridized carbons (Fsp3) is 0.174. The third kappa shape index (κ3) is 4.73. The summed E-state index contributed by atoms with van der Waals surface area (Å²) in [5.74, 6) is 0.538. The zero-order valence-corrected chi connectivity index (χ0v) is 15.8. The van der Waals surface area contributed by atoms with E-state index in [1.807, 2.05) is 35.2 Å². The first-order valence-corrected chi connectivity index (χ1v) is 9.45. The average Bonchev–Trinajstić information content (AvgIpc) is 2.75. The summed E-state index contributed by atoms with van der Waals surface area (Å²) in [6, 6.07) is 20.9. The van der Waals surface area contributed by atoms with Gasteiger partial charge in [0.2, 0.25) is 0 Å². The van der Waals surface area contributed by atoms with Crippen LogP contribution < -0.4 is 15.0 Å². The summed E-state index contributed by atoms with van der Waals surface area (Å²) in [6.45, 7) is 2.46. The van der Waals surface area contributed by atoms with E-state index in [0.29, 0.717) is 54.7 Å². The second kappa shape index (κ2) is 8.75. The summed E-state index contributed by atoms with van der Waals surface area (Å²) in [6.07, 6.45) is 0. The van der Waals surface area contributed by atoms with Crippen LogP contribution in [0.1, 0.15) is 10.4 Å². The quantitative estimate of drug-likeness (QED) is 0.683. The highest BCUT2D eigenvalue weighted by atomic mass is 19.1. The van der Waals surface area contributed by atoms with Gasteiger partial charge >= 0.3 is 0 Å². The molecule has 1 amide bonds. The molecule has 0 saturated carbocycles. The van der Waals surface area contributed by atoms with Crippen molar-refractivity contribution >= 4 is 17.3 Å². The van der Waals surface area contributed by atoms with Crippen molar-refractivity contribution in [1.82, 2.24) is 0 Å². The Bertz CT molecular complexity index is 988. The highest BCUT2D eigenvalue weighted by molar-refractivity contribution is 6.04. The molecule has 1 aliphatic heterocycles. The van der Waals surface area contributed by atoms with Crippen LogP contribution in [0.25, 0.3) is 0 Å². The van der Waals surface area contributed by atoms with E-state index in [9.17, 15) is 9.18 Å². The van der Waals surface area contributed by atoms with Crippen LogP contribution in [-0.4, -0.2) is 32.2 Å². The van der Waals surface area contributed by atoms with Gasteiger partial charge in [0.15, 0.2) is 0 Å². The maximum absolute atomic E-state index is 14.5. The Morgan fingerprint density at radius 2 is 1.69 bits per heavy atom. The molecule has 1 heterocycles. The van der Waals surface area contributed by atoms with Crippen LogP contribution in [0.4, 0.5) is 15.8 Å². The molecule has 5 nitrogen and oxygen atoms in total. The van der Waals surface area contributed by atoms with E-state index in [2.05, 4.69) is 5.32 Å². The van der Waals surface area contributed by atoms with E-state index < -0.39 is 0 Å². The predicted molar refractivity (Wildman–Crippen MR) is 110 cm³/mol. The van der Waals surface area contributed by atoms with Crippen molar-refractivity contribution in [2.45, 2.75) is 0 Å². The summed E-state index contributed by atoms with van der Waals surface area (Å²) in [7, 11) is 0. The molecule has 4 rings (SSSR count). The molecule has 0 aliphatic carbocycles. The number of rotatable bonds is 5. The van der Waals surface area contributed by atoms with Gasteiger partial charge in [0.1, 0.15) is 17.3 Å². The molecule has 0 spiro atoms. The Balaban J connectivity index is 1.45. The number of nitrogens with zero attached hydrogens (tertiary/aromatic N) is 1. The van der Waals surface area contributed by atoms with Gasteiger partial charge in [-0.1, -0.05) is 24.3 Å². The number of carbonyl (C=O) groups excluding carboxylic acids is 1. The van der Waals surface area contributed by atoms with Gasteiger partial charge in [0.05, 0.1) is 18.9 Å². The number of hydrogen-bond acceptors (Lipinski definition) is 4. The first-order valence-electron chi connectivity index (χ1n) is 9.45. The first-order chi connectivity index (χ1) is 14.2. The van der Waals surface area contributed by atoms with Gasteiger partial charge in [0.25, 0.3) is 5.91 Å². The number of ether oxygens (including phenoxy) is 2.